The van der Waals surface area contributed by atoms with Crippen molar-refractivity contribution in [1.82, 2.24) is 9.13 Å². The maximum absolute atomic E-state index is 2.44. The molecule has 0 bridgehead atoms. The molecule has 0 saturated heterocycles. The van der Waals surface area contributed by atoms with Crippen molar-refractivity contribution in [3.05, 3.63) is 95.7 Å². The Morgan fingerprint density at radius 3 is 1.77 bits per heavy atom. The van der Waals surface area contributed by atoms with E-state index in [-0.39, 0.29) is 0 Å². The van der Waals surface area contributed by atoms with Gasteiger partial charge in [0.1, 0.15) is 0 Å². The fourth-order valence-corrected chi connectivity index (χ4v) is 4.98. The van der Waals surface area contributed by atoms with Crippen molar-refractivity contribution >= 4 is 34.0 Å². The third-order valence-corrected chi connectivity index (χ3v) is 6.39. The molecule has 3 aromatic carbocycles. The van der Waals surface area contributed by atoms with Crippen LogP contribution in [0.3, 0.4) is 0 Å². The van der Waals surface area contributed by atoms with Crippen molar-refractivity contribution in [3.63, 3.8) is 0 Å². The summed E-state index contributed by atoms with van der Waals surface area (Å²) < 4.78 is 4.84. The molecule has 2 heteroatoms. The van der Waals surface area contributed by atoms with Crippen LogP contribution in [0.25, 0.3) is 45.2 Å². The zero-order chi connectivity index (χ0) is 21.4. The van der Waals surface area contributed by atoms with Gasteiger partial charge in [-0.3, -0.25) is 0 Å². The van der Waals surface area contributed by atoms with Crippen LogP contribution >= 0.6 is 0 Å². The molecule has 0 N–H and O–H groups in total. The molecule has 5 rings (SSSR count). The molecule has 0 amide bonds. The lowest BCUT2D eigenvalue weighted by atomic mass is 10.0. The molecule has 0 unspecified atom stereocenters. The van der Waals surface area contributed by atoms with Crippen molar-refractivity contribution < 1.29 is 0 Å². The van der Waals surface area contributed by atoms with Gasteiger partial charge in [0.25, 0.3) is 0 Å². The first-order chi connectivity index (χ1) is 15.2. The minimum atomic E-state index is 0.937. The van der Waals surface area contributed by atoms with E-state index in [1.165, 1.54) is 49.9 Å². The minimum absolute atomic E-state index is 0.937. The van der Waals surface area contributed by atoms with E-state index in [1.807, 2.05) is 0 Å². The van der Waals surface area contributed by atoms with Gasteiger partial charge in [-0.1, -0.05) is 78.9 Å². The Balaban J connectivity index is 1.77. The highest BCUT2D eigenvalue weighted by molar-refractivity contribution is 6.02. The molecule has 0 radical (unpaired) electrons. The van der Waals surface area contributed by atoms with Crippen LogP contribution < -0.4 is 0 Å². The molecule has 0 aliphatic carbocycles. The number of para-hydroxylation sites is 2. The molecule has 0 aliphatic rings. The van der Waals surface area contributed by atoms with E-state index in [9.17, 15) is 0 Å². The van der Waals surface area contributed by atoms with Gasteiger partial charge in [0, 0.05) is 51.7 Å². The van der Waals surface area contributed by atoms with E-state index < -0.39 is 0 Å². The molecule has 2 heterocycles. The summed E-state index contributed by atoms with van der Waals surface area (Å²) in [6.45, 7) is 8.59. The first-order valence-corrected chi connectivity index (χ1v) is 11.2. The lowest BCUT2D eigenvalue weighted by molar-refractivity contribution is 0.769. The highest BCUT2D eigenvalue weighted by atomic mass is 15.0. The molecular formula is C29H28N2. The molecule has 0 aliphatic heterocycles. The predicted octanol–water partition coefficient (Wildman–Crippen LogP) is 7.78. The van der Waals surface area contributed by atoms with E-state index in [4.69, 9.17) is 0 Å². The van der Waals surface area contributed by atoms with Crippen molar-refractivity contribution in [2.75, 3.05) is 0 Å². The van der Waals surface area contributed by atoms with Gasteiger partial charge in [-0.2, -0.15) is 0 Å². The van der Waals surface area contributed by atoms with Gasteiger partial charge in [0.2, 0.25) is 0 Å². The van der Waals surface area contributed by atoms with Gasteiger partial charge in [0.15, 0.2) is 0 Å². The standard InChI is InChI=1S/C29H28N2/c1-4-30-21(3)23(24-15-9-11-17-27(24)30)19-20-26-25-16-10-12-18-28(25)31(5-2)29(26)22-13-7-6-8-14-22/h6-20H,4-5H2,1-3H3/b20-19+. The monoisotopic (exact) mass is 404 g/mol. The number of benzene rings is 3. The summed E-state index contributed by atoms with van der Waals surface area (Å²) in [7, 11) is 0. The summed E-state index contributed by atoms with van der Waals surface area (Å²) >= 11 is 0. The van der Waals surface area contributed by atoms with Crippen molar-refractivity contribution in [1.29, 1.82) is 0 Å². The van der Waals surface area contributed by atoms with Crippen LogP contribution in [0.5, 0.6) is 0 Å². The summed E-state index contributed by atoms with van der Waals surface area (Å²) in [5.74, 6) is 0. The second-order valence-corrected chi connectivity index (χ2v) is 7.98. The first-order valence-electron chi connectivity index (χ1n) is 11.2. The van der Waals surface area contributed by atoms with Crippen LogP contribution in [0.15, 0.2) is 78.9 Å². The molecule has 2 aromatic heterocycles. The van der Waals surface area contributed by atoms with E-state index in [0.717, 1.165) is 13.1 Å². The SMILES string of the molecule is CCn1c(C)c(/C=C/c2c(-c3ccccc3)n(CC)c3ccccc23)c2ccccc21. The van der Waals surface area contributed by atoms with Crippen molar-refractivity contribution in [2.45, 2.75) is 33.9 Å². The van der Waals surface area contributed by atoms with Crippen LogP contribution in [0.2, 0.25) is 0 Å². The Labute approximate surface area is 184 Å². The third-order valence-electron chi connectivity index (χ3n) is 6.39. The maximum atomic E-state index is 2.44. The summed E-state index contributed by atoms with van der Waals surface area (Å²) in [6.07, 6.45) is 4.64. The average Bonchev–Trinajstić information content (AvgIpc) is 3.29. The normalized spacial score (nSPS) is 11.8. The van der Waals surface area contributed by atoms with Gasteiger partial charge in [-0.05, 0) is 38.5 Å². The number of fused-ring (bicyclic) bond motifs is 2. The zero-order valence-corrected chi connectivity index (χ0v) is 18.5. The number of hydrogen-bond donors (Lipinski definition) is 0. The lowest BCUT2D eigenvalue weighted by Crippen LogP contribution is -1.97. The largest absolute Gasteiger partial charge is 0.345 e. The summed E-state index contributed by atoms with van der Waals surface area (Å²) in [5.41, 5.74) is 9.06. The lowest BCUT2D eigenvalue weighted by Gasteiger charge is -2.09. The fraction of sp³-hybridized carbons (Fsp3) is 0.172. The summed E-state index contributed by atoms with van der Waals surface area (Å²) in [5, 5.41) is 2.62. The van der Waals surface area contributed by atoms with Gasteiger partial charge >= 0.3 is 0 Å². The summed E-state index contributed by atoms with van der Waals surface area (Å²) in [6, 6.07) is 28.2. The Morgan fingerprint density at radius 1 is 0.613 bits per heavy atom. The van der Waals surface area contributed by atoms with Crippen LogP contribution in [0.4, 0.5) is 0 Å². The molecule has 5 aromatic rings. The van der Waals surface area contributed by atoms with Gasteiger partial charge in [-0.15, -0.1) is 0 Å². The first kappa shape index (κ1) is 19.4. The number of aromatic nitrogens is 2. The van der Waals surface area contributed by atoms with Crippen LogP contribution in [-0.4, -0.2) is 9.13 Å². The molecular weight excluding hydrogens is 376 g/mol. The zero-order valence-electron chi connectivity index (χ0n) is 18.5. The topological polar surface area (TPSA) is 9.86 Å². The van der Waals surface area contributed by atoms with Gasteiger partial charge in [-0.25, -0.2) is 0 Å². The Bertz CT molecular complexity index is 1400. The quantitative estimate of drug-likeness (QED) is 0.283. The number of hydrogen-bond acceptors (Lipinski definition) is 0. The van der Waals surface area contributed by atoms with Crippen molar-refractivity contribution in [2.24, 2.45) is 0 Å². The van der Waals surface area contributed by atoms with E-state index in [2.05, 4.69) is 121 Å². The highest BCUT2D eigenvalue weighted by Crippen LogP contribution is 2.36. The van der Waals surface area contributed by atoms with Crippen molar-refractivity contribution in [3.8, 4) is 11.3 Å². The average molecular weight is 405 g/mol. The van der Waals surface area contributed by atoms with E-state index in [1.54, 1.807) is 0 Å². The molecule has 0 saturated carbocycles. The second-order valence-electron chi connectivity index (χ2n) is 7.98. The van der Waals surface area contributed by atoms with Crippen LogP contribution in [0, 0.1) is 6.92 Å². The molecule has 2 nitrogen and oxygen atoms in total. The maximum Gasteiger partial charge on any atom is 0.0564 e. The highest BCUT2D eigenvalue weighted by Gasteiger charge is 2.16. The molecule has 154 valence electrons. The number of nitrogens with zero attached hydrogens (tertiary/aromatic N) is 2. The second kappa shape index (κ2) is 7.96. The summed E-state index contributed by atoms with van der Waals surface area (Å²) in [4.78, 5) is 0. The third kappa shape index (κ3) is 3.11. The Kier molecular flexibility index (Phi) is 4.99. The van der Waals surface area contributed by atoms with Gasteiger partial charge < -0.3 is 9.13 Å². The number of rotatable bonds is 5. The van der Waals surface area contributed by atoms with Crippen LogP contribution in [-0.2, 0) is 13.1 Å². The Morgan fingerprint density at radius 2 is 1.13 bits per heavy atom. The molecule has 31 heavy (non-hydrogen) atoms. The van der Waals surface area contributed by atoms with E-state index >= 15 is 0 Å². The van der Waals surface area contributed by atoms with Crippen LogP contribution in [0.1, 0.15) is 30.7 Å². The fourth-order valence-electron chi connectivity index (χ4n) is 4.98. The minimum Gasteiger partial charge on any atom is -0.345 e. The molecule has 0 atom stereocenters. The van der Waals surface area contributed by atoms with Gasteiger partial charge in [0.05, 0.1) is 5.69 Å². The Hall–Kier alpha value is -3.52. The smallest absolute Gasteiger partial charge is 0.0564 e. The number of aryl methyl sites for hydroxylation is 2. The van der Waals surface area contributed by atoms with E-state index in [0.29, 0.717) is 0 Å². The molecule has 0 fully saturated rings. The molecule has 0 spiro atoms. The predicted molar refractivity (Wildman–Crippen MR) is 134 cm³/mol.